The van der Waals surface area contributed by atoms with Gasteiger partial charge in [-0.2, -0.15) is 0 Å². The van der Waals surface area contributed by atoms with E-state index in [0.717, 1.165) is 24.8 Å². The summed E-state index contributed by atoms with van der Waals surface area (Å²) in [6.07, 6.45) is 11.2. The van der Waals surface area contributed by atoms with Gasteiger partial charge in [0.05, 0.1) is 18.3 Å². The molecule has 0 heterocycles. The number of rotatable bonds is 12. The predicted molar refractivity (Wildman–Crippen MR) is 103 cm³/mol. The number of allylic oxidation sites excluding steroid dienone is 2. The Balaban J connectivity index is 2.47. The van der Waals surface area contributed by atoms with Crippen LogP contribution in [0, 0.1) is 11.8 Å². The van der Waals surface area contributed by atoms with Crippen molar-refractivity contribution in [3.8, 4) is 0 Å². The van der Waals surface area contributed by atoms with Gasteiger partial charge >= 0.3 is 5.97 Å². The molecule has 1 saturated carbocycles. The van der Waals surface area contributed by atoms with E-state index in [1.165, 1.54) is 0 Å². The van der Waals surface area contributed by atoms with Crippen molar-refractivity contribution in [2.24, 2.45) is 11.8 Å². The van der Waals surface area contributed by atoms with Gasteiger partial charge in [-0.1, -0.05) is 36.5 Å². The number of hydrogen-bond acceptors (Lipinski definition) is 4. The number of aliphatic carboxylic acids is 1. The quantitative estimate of drug-likeness (QED) is 0.314. The molecule has 0 aromatic heterocycles. The maximum Gasteiger partial charge on any atom is 0.303 e. The molecule has 1 aliphatic rings. The average Bonchev–Trinajstić information content (AvgIpc) is 2.81. The number of aliphatic hydroxyl groups is 3. The molecule has 4 N–H and O–H groups in total. The Labute approximate surface area is 156 Å². The normalized spacial score (nSPS) is 26.0. The second kappa shape index (κ2) is 12.0. The molecule has 0 saturated heterocycles. The van der Waals surface area contributed by atoms with Gasteiger partial charge in [-0.3, -0.25) is 4.79 Å². The molecule has 1 rings (SSSR count). The molecular weight excluding hydrogens is 332 g/mol. The van der Waals surface area contributed by atoms with Crippen molar-refractivity contribution in [2.45, 2.75) is 76.6 Å². The predicted octanol–water partition coefficient (Wildman–Crippen LogP) is 3.21. The minimum Gasteiger partial charge on any atom is -0.481 e. The van der Waals surface area contributed by atoms with Crippen LogP contribution in [0.2, 0.25) is 0 Å². The Hall–Kier alpha value is -1.43. The first-order valence-electron chi connectivity index (χ1n) is 9.58. The van der Waals surface area contributed by atoms with E-state index in [1.54, 1.807) is 13.0 Å². The first-order valence-corrected chi connectivity index (χ1v) is 9.58. The molecule has 26 heavy (non-hydrogen) atoms. The smallest absolute Gasteiger partial charge is 0.303 e. The van der Waals surface area contributed by atoms with Crippen LogP contribution in [-0.4, -0.2) is 44.7 Å². The van der Waals surface area contributed by atoms with Gasteiger partial charge < -0.3 is 20.4 Å². The van der Waals surface area contributed by atoms with Crippen LogP contribution in [-0.2, 0) is 4.79 Å². The molecule has 1 fully saturated rings. The van der Waals surface area contributed by atoms with Crippen molar-refractivity contribution in [1.29, 1.82) is 0 Å². The summed E-state index contributed by atoms with van der Waals surface area (Å²) >= 11 is 0. The van der Waals surface area contributed by atoms with Crippen LogP contribution in [0.5, 0.6) is 0 Å². The van der Waals surface area contributed by atoms with Crippen LogP contribution in [0.4, 0.5) is 0 Å². The van der Waals surface area contributed by atoms with Crippen LogP contribution in [0.1, 0.15) is 58.3 Å². The summed E-state index contributed by atoms with van der Waals surface area (Å²) in [5.74, 6) is -0.692. The molecule has 0 aliphatic heterocycles. The van der Waals surface area contributed by atoms with E-state index in [-0.39, 0.29) is 24.4 Å². The number of aliphatic hydroxyl groups excluding tert-OH is 3. The van der Waals surface area contributed by atoms with Crippen molar-refractivity contribution in [3.63, 3.8) is 0 Å². The zero-order valence-electron chi connectivity index (χ0n) is 15.8. The van der Waals surface area contributed by atoms with Gasteiger partial charge in [0.15, 0.2) is 0 Å². The molecule has 0 amide bonds. The molecule has 5 heteroatoms. The number of carboxylic acids is 1. The van der Waals surface area contributed by atoms with Crippen molar-refractivity contribution >= 4 is 5.97 Å². The third kappa shape index (κ3) is 8.79. The third-order valence-corrected chi connectivity index (χ3v) is 4.90. The lowest BCUT2D eigenvalue weighted by atomic mass is 9.89. The topological polar surface area (TPSA) is 98.0 Å². The fourth-order valence-electron chi connectivity index (χ4n) is 3.39. The van der Waals surface area contributed by atoms with Gasteiger partial charge in [-0.25, -0.2) is 0 Å². The van der Waals surface area contributed by atoms with Crippen LogP contribution >= 0.6 is 0 Å². The highest BCUT2D eigenvalue weighted by Crippen LogP contribution is 2.39. The Morgan fingerprint density at radius 2 is 2.00 bits per heavy atom. The van der Waals surface area contributed by atoms with Gasteiger partial charge in [-0.15, -0.1) is 0 Å². The number of carboxylic acid groups (broad SMARTS) is 1. The Morgan fingerprint density at radius 1 is 1.27 bits per heavy atom. The van der Waals surface area contributed by atoms with E-state index >= 15 is 0 Å². The van der Waals surface area contributed by atoms with Crippen molar-refractivity contribution in [1.82, 2.24) is 0 Å². The second-order valence-electron chi connectivity index (χ2n) is 7.34. The molecular formula is C21H34O5. The van der Waals surface area contributed by atoms with Crippen molar-refractivity contribution < 1.29 is 25.2 Å². The molecule has 0 spiro atoms. The molecule has 0 aromatic rings. The largest absolute Gasteiger partial charge is 0.481 e. The van der Waals surface area contributed by atoms with Crippen LogP contribution in [0.15, 0.2) is 36.5 Å². The Morgan fingerprint density at radius 3 is 2.65 bits per heavy atom. The van der Waals surface area contributed by atoms with Crippen LogP contribution in [0.25, 0.3) is 0 Å². The summed E-state index contributed by atoms with van der Waals surface area (Å²) < 4.78 is 0. The zero-order valence-corrected chi connectivity index (χ0v) is 15.8. The van der Waals surface area contributed by atoms with Gasteiger partial charge in [0.25, 0.3) is 0 Å². The second-order valence-corrected chi connectivity index (χ2v) is 7.34. The molecule has 0 bridgehead atoms. The zero-order chi connectivity index (χ0) is 19.5. The lowest BCUT2D eigenvalue weighted by Gasteiger charge is -2.18. The summed E-state index contributed by atoms with van der Waals surface area (Å²) in [5, 5.41) is 38.2. The number of carbonyl (C=O) groups is 1. The SMILES string of the molecule is C=C1C[C@@H](O)[C@H](/C=C/[C@@H](O)CCC[C@@H](C)O)[C@H]1C/C=C\CCCC(=O)O. The molecule has 148 valence electrons. The highest BCUT2D eigenvalue weighted by atomic mass is 16.4. The number of hydrogen-bond donors (Lipinski definition) is 4. The average molecular weight is 366 g/mol. The minimum absolute atomic E-state index is 0.0578. The number of unbranched alkanes of at least 4 members (excludes halogenated alkanes) is 1. The molecule has 1 aliphatic carbocycles. The minimum atomic E-state index is -0.775. The third-order valence-electron chi connectivity index (χ3n) is 4.90. The van der Waals surface area contributed by atoms with E-state index in [1.807, 2.05) is 18.2 Å². The van der Waals surface area contributed by atoms with Crippen LogP contribution in [0.3, 0.4) is 0 Å². The summed E-state index contributed by atoms with van der Waals surface area (Å²) in [4.78, 5) is 10.5. The van der Waals surface area contributed by atoms with E-state index in [2.05, 4.69) is 6.58 Å². The van der Waals surface area contributed by atoms with Crippen molar-refractivity contribution in [3.05, 3.63) is 36.5 Å². The lowest BCUT2D eigenvalue weighted by Crippen LogP contribution is -2.17. The van der Waals surface area contributed by atoms with Gasteiger partial charge in [0, 0.05) is 12.3 Å². The Bertz CT molecular complexity index is 495. The summed E-state index contributed by atoms with van der Waals surface area (Å²) in [6, 6.07) is 0. The van der Waals surface area contributed by atoms with Gasteiger partial charge in [0.2, 0.25) is 0 Å². The van der Waals surface area contributed by atoms with E-state index in [9.17, 15) is 20.1 Å². The fraction of sp³-hybridized carbons (Fsp3) is 0.667. The fourth-order valence-corrected chi connectivity index (χ4v) is 3.39. The standard InChI is InChI=1S/C21H34O5/c1-15-14-20(24)19(13-12-17(23)9-7-8-16(2)22)18(15)10-5-3-4-6-11-21(25)26/h3,5,12-13,16-20,22-24H,1,4,6-11,14H2,2H3,(H,25,26)/b5-3-,13-12+/t16-,17+,18+,19-,20-/m1/s1. The molecule has 0 aromatic carbocycles. The summed E-state index contributed by atoms with van der Waals surface area (Å²) in [5.41, 5.74) is 1.02. The van der Waals surface area contributed by atoms with Gasteiger partial charge in [0.1, 0.15) is 0 Å². The van der Waals surface area contributed by atoms with E-state index in [0.29, 0.717) is 25.7 Å². The van der Waals surface area contributed by atoms with Crippen LogP contribution < -0.4 is 0 Å². The van der Waals surface area contributed by atoms with Crippen molar-refractivity contribution in [2.75, 3.05) is 0 Å². The molecule has 5 nitrogen and oxygen atoms in total. The maximum atomic E-state index is 10.5. The van der Waals surface area contributed by atoms with Gasteiger partial charge in [-0.05, 0) is 57.8 Å². The highest BCUT2D eigenvalue weighted by Gasteiger charge is 2.35. The summed E-state index contributed by atoms with van der Waals surface area (Å²) in [6.45, 7) is 5.81. The van der Waals surface area contributed by atoms with E-state index < -0.39 is 18.2 Å². The lowest BCUT2D eigenvalue weighted by molar-refractivity contribution is -0.137. The first-order chi connectivity index (χ1) is 12.3. The molecule has 5 atom stereocenters. The molecule has 0 radical (unpaired) electrons. The highest BCUT2D eigenvalue weighted by molar-refractivity contribution is 5.66. The van der Waals surface area contributed by atoms with E-state index in [4.69, 9.17) is 5.11 Å². The first kappa shape index (κ1) is 22.6. The monoisotopic (exact) mass is 366 g/mol. The molecule has 0 unspecified atom stereocenters. The Kier molecular flexibility index (Phi) is 10.5. The summed E-state index contributed by atoms with van der Waals surface area (Å²) in [7, 11) is 0. The maximum absolute atomic E-state index is 10.5.